The first-order valence-electron chi connectivity index (χ1n) is 11.8. The molecule has 0 fully saturated rings. The van der Waals surface area contributed by atoms with Crippen LogP contribution < -0.4 is 4.89 Å². The van der Waals surface area contributed by atoms with Gasteiger partial charge in [-0.05, 0) is 6.42 Å². The number of aliphatic hydroxyl groups excluding tert-OH is 1. The van der Waals surface area contributed by atoms with Crippen LogP contribution in [0.25, 0.3) is 0 Å². The highest BCUT2D eigenvalue weighted by atomic mass is 31.2. The molecular weight excluding hydrogens is 405 g/mol. The van der Waals surface area contributed by atoms with E-state index in [1.54, 1.807) is 0 Å². The lowest BCUT2D eigenvalue weighted by molar-refractivity contribution is -0.870. The summed E-state index contributed by atoms with van der Waals surface area (Å²) in [5.41, 5.74) is 0. The van der Waals surface area contributed by atoms with E-state index in [0.29, 0.717) is 17.6 Å². The number of nitrogens with zero attached hydrogens (tertiary/aromatic N) is 1. The van der Waals surface area contributed by atoms with Gasteiger partial charge >= 0.3 is 0 Å². The summed E-state index contributed by atoms with van der Waals surface area (Å²) in [7, 11) is 1.44. The lowest BCUT2D eigenvalue weighted by atomic mass is 10.1. The molecule has 182 valence electrons. The van der Waals surface area contributed by atoms with Crippen LogP contribution in [0.1, 0.15) is 84.0 Å². The number of hydrogen-bond donors (Lipinski definition) is 1. The standard InChI is InChI=1S/C22H48NO6P/c1-5-6-7-8-9-10-11-12-13-14-15-16-18-27-20-22(24)21-29-30(25,26)28-19-17-23(2,3)4/h22,24H,5-21H2,1-4H3/t22-/m0/s1. The number of unbranched alkanes of at least 4 members (excludes halogenated alkanes) is 11. The second kappa shape index (κ2) is 18.6. The van der Waals surface area contributed by atoms with E-state index in [9.17, 15) is 14.6 Å². The third kappa shape index (κ3) is 22.7. The molecule has 7 nitrogen and oxygen atoms in total. The van der Waals surface area contributed by atoms with Crippen LogP contribution >= 0.6 is 7.82 Å². The minimum absolute atomic E-state index is 0.0514. The fourth-order valence-electron chi connectivity index (χ4n) is 2.95. The average molecular weight is 454 g/mol. The van der Waals surface area contributed by atoms with Crippen LogP contribution in [0.3, 0.4) is 0 Å². The second-order valence-electron chi connectivity index (χ2n) is 9.21. The Morgan fingerprint density at radius 2 is 1.30 bits per heavy atom. The average Bonchev–Trinajstić information content (AvgIpc) is 2.65. The van der Waals surface area contributed by atoms with Crippen molar-refractivity contribution in [1.82, 2.24) is 0 Å². The summed E-state index contributed by atoms with van der Waals surface area (Å²) in [5, 5.41) is 9.79. The highest BCUT2D eigenvalue weighted by Gasteiger charge is 2.15. The lowest BCUT2D eigenvalue weighted by Crippen LogP contribution is -2.37. The monoisotopic (exact) mass is 453 g/mol. The van der Waals surface area contributed by atoms with Crippen molar-refractivity contribution < 1.29 is 32.8 Å². The maximum absolute atomic E-state index is 11.6. The van der Waals surface area contributed by atoms with Crippen LogP contribution in [0.15, 0.2) is 0 Å². The molecule has 0 rings (SSSR count). The van der Waals surface area contributed by atoms with Gasteiger partial charge in [-0.2, -0.15) is 0 Å². The van der Waals surface area contributed by atoms with Gasteiger partial charge in [0.2, 0.25) is 0 Å². The third-order valence-corrected chi connectivity index (χ3v) is 5.85. The fraction of sp³-hybridized carbons (Fsp3) is 1.00. The van der Waals surface area contributed by atoms with E-state index in [0.717, 1.165) is 12.8 Å². The minimum atomic E-state index is -4.38. The molecule has 0 radical (unpaired) electrons. The van der Waals surface area contributed by atoms with Gasteiger partial charge in [0.05, 0.1) is 34.4 Å². The first-order valence-corrected chi connectivity index (χ1v) is 13.3. The van der Waals surface area contributed by atoms with Crippen molar-refractivity contribution in [3.63, 3.8) is 0 Å². The van der Waals surface area contributed by atoms with Crippen molar-refractivity contribution in [2.24, 2.45) is 0 Å². The molecule has 0 heterocycles. The zero-order valence-corrected chi connectivity index (χ0v) is 20.9. The van der Waals surface area contributed by atoms with Gasteiger partial charge in [-0.25, -0.2) is 0 Å². The molecule has 8 heteroatoms. The maximum Gasteiger partial charge on any atom is 0.268 e. The summed E-state index contributed by atoms with van der Waals surface area (Å²) in [4.78, 5) is 11.6. The van der Waals surface area contributed by atoms with E-state index < -0.39 is 13.9 Å². The topological polar surface area (TPSA) is 88.0 Å². The molecule has 0 aliphatic carbocycles. The third-order valence-electron chi connectivity index (χ3n) is 4.89. The minimum Gasteiger partial charge on any atom is -0.756 e. The largest absolute Gasteiger partial charge is 0.756 e. The second-order valence-corrected chi connectivity index (χ2v) is 10.6. The summed E-state index contributed by atoms with van der Waals surface area (Å²) in [6.45, 7) is 3.14. The summed E-state index contributed by atoms with van der Waals surface area (Å²) in [6, 6.07) is 0. The first kappa shape index (κ1) is 30.0. The number of phosphoric acid groups is 1. The van der Waals surface area contributed by atoms with Gasteiger partial charge < -0.3 is 28.3 Å². The Bertz CT molecular complexity index is 430. The summed E-state index contributed by atoms with van der Waals surface area (Å²) in [6.07, 6.45) is 14.5. The molecule has 0 bridgehead atoms. The Hall–Kier alpha value is -0.0100. The van der Waals surface area contributed by atoms with E-state index in [-0.39, 0.29) is 19.8 Å². The predicted octanol–water partition coefficient (Wildman–Crippen LogP) is 4.27. The molecule has 0 saturated heterocycles. The van der Waals surface area contributed by atoms with Crippen LogP contribution in [0.2, 0.25) is 0 Å². The first-order chi connectivity index (χ1) is 14.2. The van der Waals surface area contributed by atoms with Crippen LogP contribution in [-0.2, 0) is 18.3 Å². The maximum atomic E-state index is 11.6. The quantitative estimate of drug-likeness (QED) is 0.150. The molecular formula is C22H48NO6P. The zero-order valence-electron chi connectivity index (χ0n) is 20.0. The van der Waals surface area contributed by atoms with Crippen molar-refractivity contribution in [2.45, 2.75) is 90.1 Å². The summed E-state index contributed by atoms with van der Waals surface area (Å²) in [5.74, 6) is 0. The highest BCUT2D eigenvalue weighted by molar-refractivity contribution is 7.45. The summed E-state index contributed by atoms with van der Waals surface area (Å²) < 4.78 is 27.2. The van der Waals surface area contributed by atoms with E-state index in [1.807, 2.05) is 21.1 Å². The molecule has 1 N–H and O–H groups in total. The van der Waals surface area contributed by atoms with Crippen molar-refractivity contribution in [3.05, 3.63) is 0 Å². The molecule has 0 aliphatic heterocycles. The smallest absolute Gasteiger partial charge is 0.268 e. The molecule has 2 atom stereocenters. The number of hydrogen-bond acceptors (Lipinski definition) is 6. The number of rotatable bonds is 22. The predicted molar refractivity (Wildman–Crippen MR) is 120 cm³/mol. The Morgan fingerprint density at radius 1 is 0.800 bits per heavy atom. The molecule has 0 saturated carbocycles. The number of ether oxygens (including phenoxy) is 1. The van der Waals surface area contributed by atoms with Crippen molar-refractivity contribution in [3.8, 4) is 0 Å². The number of likely N-dealkylation sites (N-methyl/N-ethyl adjacent to an activating group) is 1. The van der Waals surface area contributed by atoms with Crippen LogP contribution in [-0.4, -0.2) is 69.8 Å². The Labute approximate surface area is 185 Å². The lowest BCUT2D eigenvalue weighted by Gasteiger charge is -2.27. The van der Waals surface area contributed by atoms with Gasteiger partial charge in [0.1, 0.15) is 19.3 Å². The van der Waals surface area contributed by atoms with Gasteiger partial charge in [-0.15, -0.1) is 0 Å². The number of phosphoric ester groups is 1. The number of aliphatic hydroxyl groups is 1. The van der Waals surface area contributed by atoms with E-state index in [4.69, 9.17) is 13.8 Å². The molecule has 1 unspecified atom stereocenters. The molecule has 0 amide bonds. The molecule has 0 aliphatic rings. The van der Waals surface area contributed by atoms with Gasteiger partial charge in [0.15, 0.2) is 0 Å². The van der Waals surface area contributed by atoms with E-state index >= 15 is 0 Å². The zero-order chi connectivity index (χ0) is 22.7. The number of quaternary nitrogens is 1. The van der Waals surface area contributed by atoms with Crippen molar-refractivity contribution in [1.29, 1.82) is 0 Å². The van der Waals surface area contributed by atoms with E-state index in [2.05, 4.69) is 6.92 Å². The van der Waals surface area contributed by atoms with Crippen LogP contribution in [0.5, 0.6) is 0 Å². The van der Waals surface area contributed by atoms with Crippen LogP contribution in [0.4, 0.5) is 0 Å². The van der Waals surface area contributed by atoms with Gasteiger partial charge in [0, 0.05) is 6.61 Å². The Kier molecular flexibility index (Phi) is 18.5. The molecule has 0 aromatic rings. The Balaban J connectivity index is 3.44. The molecule has 30 heavy (non-hydrogen) atoms. The van der Waals surface area contributed by atoms with E-state index in [1.165, 1.54) is 64.2 Å². The molecule has 0 aromatic heterocycles. The van der Waals surface area contributed by atoms with Crippen molar-refractivity contribution >= 4 is 7.82 Å². The Morgan fingerprint density at radius 3 is 1.80 bits per heavy atom. The highest BCUT2D eigenvalue weighted by Crippen LogP contribution is 2.38. The fourth-order valence-corrected chi connectivity index (χ4v) is 3.69. The van der Waals surface area contributed by atoms with Crippen LogP contribution in [0, 0.1) is 0 Å². The molecule has 0 aromatic carbocycles. The summed E-state index contributed by atoms with van der Waals surface area (Å²) >= 11 is 0. The normalized spacial score (nSPS) is 15.3. The SMILES string of the molecule is CCCCCCCCCCCCCCOC[C@H](O)COP(=O)([O-])OCC[N+](C)(C)C. The molecule has 0 spiro atoms. The van der Waals surface area contributed by atoms with Gasteiger partial charge in [-0.3, -0.25) is 4.57 Å². The van der Waals surface area contributed by atoms with Gasteiger partial charge in [-0.1, -0.05) is 77.6 Å². The van der Waals surface area contributed by atoms with Gasteiger partial charge in [0.25, 0.3) is 7.82 Å². The van der Waals surface area contributed by atoms with Crippen molar-refractivity contribution in [2.75, 3.05) is 54.1 Å².